The van der Waals surface area contributed by atoms with E-state index in [2.05, 4.69) is 57.5 Å². The Morgan fingerprint density at radius 3 is 2.62 bits per heavy atom. The molecule has 3 rings (SSSR count). The van der Waals surface area contributed by atoms with Gasteiger partial charge in [0.2, 0.25) is 0 Å². The van der Waals surface area contributed by atoms with Crippen LogP contribution < -0.4 is 15.4 Å². The van der Waals surface area contributed by atoms with Crippen LogP contribution in [0.3, 0.4) is 0 Å². The van der Waals surface area contributed by atoms with Crippen LogP contribution in [0.1, 0.15) is 44.2 Å². The average molecular weight is 445 g/mol. The van der Waals surface area contributed by atoms with Crippen molar-refractivity contribution in [2.75, 3.05) is 79.6 Å². The van der Waals surface area contributed by atoms with Crippen molar-refractivity contribution in [1.29, 1.82) is 0 Å². The van der Waals surface area contributed by atoms with Crippen LogP contribution >= 0.6 is 0 Å². The van der Waals surface area contributed by atoms with Crippen LogP contribution in [-0.2, 0) is 0 Å². The molecule has 0 saturated carbocycles. The summed E-state index contributed by atoms with van der Waals surface area (Å²) in [4.78, 5) is 12.6. The molecule has 0 aromatic heterocycles. The largest absolute Gasteiger partial charge is 0.496 e. The number of likely N-dealkylation sites (N-methyl/N-ethyl adjacent to an activating group) is 1. The standard InChI is InChI=1S/C25H44N6O/c1-4-26-25(27-13-9-15-30-16-10-14-29(2)19-20-30)28-21-23(31-17-7-8-18-31)22-11-5-6-12-24(22)32-3/h5-6,11-12,23H,4,7-10,13-21H2,1-3H3,(H2,26,27,28). The summed E-state index contributed by atoms with van der Waals surface area (Å²) in [6.45, 7) is 12.9. The highest BCUT2D eigenvalue weighted by Crippen LogP contribution is 2.31. The quantitative estimate of drug-likeness (QED) is 0.328. The number of methoxy groups -OCH3 is 1. The topological polar surface area (TPSA) is 55.4 Å². The molecular formula is C25H44N6O. The number of guanidine groups is 1. The molecule has 1 aromatic rings. The molecule has 0 amide bonds. The first-order valence-electron chi connectivity index (χ1n) is 12.5. The van der Waals surface area contributed by atoms with Gasteiger partial charge in [-0.1, -0.05) is 18.2 Å². The fourth-order valence-corrected chi connectivity index (χ4v) is 4.76. The van der Waals surface area contributed by atoms with Gasteiger partial charge in [-0.3, -0.25) is 9.89 Å². The summed E-state index contributed by atoms with van der Waals surface area (Å²) in [6, 6.07) is 8.65. The number of aliphatic imine (C=N–C) groups is 1. The minimum Gasteiger partial charge on any atom is -0.496 e. The maximum Gasteiger partial charge on any atom is 0.191 e. The molecule has 7 heteroatoms. The lowest BCUT2D eigenvalue weighted by Crippen LogP contribution is -2.40. The fourth-order valence-electron chi connectivity index (χ4n) is 4.76. The average Bonchev–Trinajstić information content (AvgIpc) is 3.26. The Kier molecular flexibility index (Phi) is 10.6. The second-order valence-corrected chi connectivity index (χ2v) is 9.00. The highest BCUT2D eigenvalue weighted by Gasteiger charge is 2.25. The van der Waals surface area contributed by atoms with Gasteiger partial charge in [0.25, 0.3) is 0 Å². The van der Waals surface area contributed by atoms with Gasteiger partial charge in [0.05, 0.1) is 19.7 Å². The normalized spacial score (nSPS) is 20.2. The molecule has 2 N–H and O–H groups in total. The Morgan fingerprint density at radius 1 is 1.03 bits per heavy atom. The van der Waals surface area contributed by atoms with Crippen molar-refractivity contribution in [3.05, 3.63) is 29.8 Å². The molecule has 0 spiro atoms. The molecule has 0 radical (unpaired) electrons. The van der Waals surface area contributed by atoms with E-state index in [9.17, 15) is 0 Å². The minimum absolute atomic E-state index is 0.248. The number of para-hydroxylation sites is 1. The molecule has 1 unspecified atom stereocenters. The number of nitrogens with one attached hydrogen (secondary N) is 2. The van der Waals surface area contributed by atoms with Crippen LogP contribution in [0.25, 0.3) is 0 Å². The Labute approximate surface area is 195 Å². The van der Waals surface area contributed by atoms with Gasteiger partial charge in [-0.25, -0.2) is 0 Å². The predicted molar refractivity (Wildman–Crippen MR) is 134 cm³/mol. The number of hydrogen-bond acceptors (Lipinski definition) is 5. The van der Waals surface area contributed by atoms with Crippen molar-refractivity contribution >= 4 is 5.96 Å². The van der Waals surface area contributed by atoms with E-state index in [1.54, 1.807) is 7.11 Å². The Morgan fingerprint density at radius 2 is 1.84 bits per heavy atom. The van der Waals surface area contributed by atoms with Crippen LogP contribution in [0.2, 0.25) is 0 Å². The van der Waals surface area contributed by atoms with Crippen LogP contribution in [0.4, 0.5) is 0 Å². The minimum atomic E-state index is 0.248. The molecule has 2 heterocycles. The van der Waals surface area contributed by atoms with E-state index in [0.717, 1.165) is 57.4 Å². The monoisotopic (exact) mass is 444 g/mol. The third-order valence-electron chi connectivity index (χ3n) is 6.60. The second-order valence-electron chi connectivity index (χ2n) is 9.00. The molecule has 2 aliphatic heterocycles. The number of hydrogen-bond donors (Lipinski definition) is 2. The van der Waals surface area contributed by atoms with Gasteiger partial charge in [-0.2, -0.15) is 0 Å². The molecule has 0 bridgehead atoms. The van der Waals surface area contributed by atoms with Crippen LogP contribution in [0, 0.1) is 0 Å². The molecule has 2 fully saturated rings. The summed E-state index contributed by atoms with van der Waals surface area (Å²) in [6.07, 6.45) is 4.94. The van der Waals surface area contributed by atoms with Gasteiger partial charge in [-0.05, 0) is 78.4 Å². The lowest BCUT2D eigenvalue weighted by atomic mass is 10.0. The van der Waals surface area contributed by atoms with E-state index in [0.29, 0.717) is 0 Å². The molecule has 180 valence electrons. The van der Waals surface area contributed by atoms with Crippen molar-refractivity contribution in [2.24, 2.45) is 4.99 Å². The Hall–Kier alpha value is -1.83. The Balaban J connectivity index is 1.56. The smallest absolute Gasteiger partial charge is 0.191 e. The predicted octanol–water partition coefficient (Wildman–Crippen LogP) is 2.41. The molecule has 2 saturated heterocycles. The third kappa shape index (κ3) is 7.64. The lowest BCUT2D eigenvalue weighted by Gasteiger charge is -2.28. The van der Waals surface area contributed by atoms with E-state index in [-0.39, 0.29) is 6.04 Å². The molecule has 1 aromatic carbocycles. The summed E-state index contributed by atoms with van der Waals surface area (Å²) in [5.74, 6) is 1.88. The molecule has 32 heavy (non-hydrogen) atoms. The zero-order valence-corrected chi connectivity index (χ0v) is 20.5. The first-order valence-corrected chi connectivity index (χ1v) is 12.5. The maximum atomic E-state index is 5.68. The second kappa shape index (κ2) is 13.7. The van der Waals surface area contributed by atoms with Crippen LogP contribution in [0.5, 0.6) is 5.75 Å². The molecule has 0 aliphatic carbocycles. The van der Waals surface area contributed by atoms with E-state index in [4.69, 9.17) is 9.73 Å². The molecule has 1 atom stereocenters. The summed E-state index contributed by atoms with van der Waals surface area (Å²) in [5.41, 5.74) is 1.24. The number of nitrogens with zero attached hydrogens (tertiary/aromatic N) is 4. The lowest BCUT2D eigenvalue weighted by molar-refractivity contribution is 0.245. The molecule has 7 nitrogen and oxygen atoms in total. The number of likely N-dealkylation sites (tertiary alicyclic amines) is 1. The van der Waals surface area contributed by atoms with Crippen molar-refractivity contribution in [2.45, 2.75) is 38.6 Å². The van der Waals surface area contributed by atoms with Gasteiger partial charge in [-0.15, -0.1) is 0 Å². The SMILES string of the molecule is CCNC(=NCC(c1ccccc1OC)N1CCCC1)NCCCN1CCCN(C)CC1. The van der Waals surface area contributed by atoms with Crippen molar-refractivity contribution in [3.63, 3.8) is 0 Å². The van der Waals surface area contributed by atoms with Gasteiger partial charge in [0.1, 0.15) is 5.75 Å². The van der Waals surface area contributed by atoms with E-state index >= 15 is 0 Å². The maximum absolute atomic E-state index is 5.68. The van der Waals surface area contributed by atoms with Crippen LogP contribution in [-0.4, -0.2) is 100 Å². The number of ether oxygens (including phenoxy) is 1. The van der Waals surface area contributed by atoms with Crippen molar-refractivity contribution in [1.82, 2.24) is 25.3 Å². The summed E-state index contributed by atoms with van der Waals surface area (Å²) >= 11 is 0. The van der Waals surface area contributed by atoms with Crippen molar-refractivity contribution in [3.8, 4) is 5.75 Å². The Bertz CT molecular complexity index is 691. The number of rotatable bonds is 10. The number of benzene rings is 1. The third-order valence-corrected chi connectivity index (χ3v) is 6.60. The van der Waals surface area contributed by atoms with Crippen molar-refractivity contribution < 1.29 is 4.74 Å². The van der Waals surface area contributed by atoms with Gasteiger partial charge < -0.3 is 25.2 Å². The highest BCUT2D eigenvalue weighted by atomic mass is 16.5. The first-order chi connectivity index (χ1) is 15.7. The zero-order valence-electron chi connectivity index (χ0n) is 20.5. The van der Waals surface area contributed by atoms with Crippen LogP contribution in [0.15, 0.2) is 29.3 Å². The summed E-state index contributed by atoms with van der Waals surface area (Å²) < 4.78 is 5.68. The van der Waals surface area contributed by atoms with E-state index in [1.807, 2.05) is 6.07 Å². The molecular weight excluding hydrogens is 400 g/mol. The van der Waals surface area contributed by atoms with Gasteiger partial charge in [0, 0.05) is 31.7 Å². The fraction of sp³-hybridized carbons (Fsp3) is 0.720. The summed E-state index contributed by atoms with van der Waals surface area (Å²) in [7, 11) is 3.99. The highest BCUT2D eigenvalue weighted by molar-refractivity contribution is 5.79. The zero-order chi connectivity index (χ0) is 22.6. The van der Waals surface area contributed by atoms with E-state index < -0.39 is 0 Å². The van der Waals surface area contributed by atoms with Gasteiger partial charge in [0.15, 0.2) is 5.96 Å². The van der Waals surface area contributed by atoms with E-state index in [1.165, 1.54) is 51.0 Å². The van der Waals surface area contributed by atoms with Gasteiger partial charge >= 0.3 is 0 Å². The molecule has 2 aliphatic rings. The summed E-state index contributed by atoms with van der Waals surface area (Å²) in [5, 5.41) is 6.99. The first kappa shape index (κ1) is 24.8.